The largest absolute Gasteiger partial charge is 0.496 e. The Morgan fingerprint density at radius 1 is 1.11 bits per heavy atom. The molecule has 0 spiro atoms. The summed E-state index contributed by atoms with van der Waals surface area (Å²) in [7, 11) is 4.52. The van der Waals surface area contributed by atoms with Crippen LogP contribution < -0.4 is 19.5 Å². The zero-order valence-corrected chi connectivity index (χ0v) is 10.9. The Bertz CT molecular complexity index is 394. The highest BCUT2D eigenvalue weighted by Crippen LogP contribution is 2.38. The maximum absolute atomic E-state index is 11.4. The van der Waals surface area contributed by atoms with E-state index in [0.29, 0.717) is 22.9 Å². The van der Waals surface area contributed by atoms with E-state index >= 15 is 0 Å². The van der Waals surface area contributed by atoms with E-state index in [9.17, 15) is 4.79 Å². The van der Waals surface area contributed by atoms with Crippen molar-refractivity contribution in [1.29, 1.82) is 0 Å². The van der Waals surface area contributed by atoms with Crippen LogP contribution in [0.1, 0.15) is 6.92 Å². The highest BCUT2D eigenvalue weighted by molar-refractivity contribution is 5.89. The summed E-state index contributed by atoms with van der Waals surface area (Å²) >= 11 is 0. The second kappa shape index (κ2) is 6.58. The van der Waals surface area contributed by atoms with Gasteiger partial charge in [-0.25, -0.2) is 4.79 Å². The number of ether oxygens (including phenoxy) is 4. The van der Waals surface area contributed by atoms with Gasteiger partial charge in [0.15, 0.2) is 0 Å². The lowest BCUT2D eigenvalue weighted by Crippen LogP contribution is -2.14. The molecule has 0 aliphatic heterocycles. The molecule has 18 heavy (non-hydrogen) atoms. The SMILES string of the molecule is CCOC(=O)Nc1c(OC)cc(OC)cc1OC. The molecular formula is C12H17NO5. The molecule has 0 saturated heterocycles. The van der Waals surface area contributed by atoms with E-state index in [1.807, 2.05) is 0 Å². The molecule has 1 aromatic rings. The van der Waals surface area contributed by atoms with E-state index in [1.54, 1.807) is 19.1 Å². The van der Waals surface area contributed by atoms with Crippen LogP contribution in [0.4, 0.5) is 10.5 Å². The van der Waals surface area contributed by atoms with Gasteiger partial charge >= 0.3 is 6.09 Å². The van der Waals surface area contributed by atoms with Crippen molar-refractivity contribution in [2.45, 2.75) is 6.92 Å². The van der Waals surface area contributed by atoms with Gasteiger partial charge in [-0.1, -0.05) is 0 Å². The number of carbonyl (C=O) groups is 1. The van der Waals surface area contributed by atoms with Crippen LogP contribution in [0.15, 0.2) is 12.1 Å². The van der Waals surface area contributed by atoms with Crippen LogP contribution in [0.3, 0.4) is 0 Å². The first-order chi connectivity index (χ1) is 8.65. The van der Waals surface area contributed by atoms with Crippen molar-refractivity contribution in [3.05, 3.63) is 12.1 Å². The molecule has 0 unspecified atom stereocenters. The fourth-order valence-corrected chi connectivity index (χ4v) is 1.40. The third kappa shape index (κ3) is 3.19. The molecule has 0 aromatic heterocycles. The van der Waals surface area contributed by atoms with Gasteiger partial charge in [-0.2, -0.15) is 0 Å². The number of carbonyl (C=O) groups excluding carboxylic acids is 1. The summed E-state index contributed by atoms with van der Waals surface area (Å²) in [5, 5.41) is 2.57. The highest BCUT2D eigenvalue weighted by Gasteiger charge is 2.16. The average Bonchev–Trinajstić information content (AvgIpc) is 2.39. The Labute approximate surface area is 106 Å². The van der Waals surface area contributed by atoms with Gasteiger partial charge in [0.2, 0.25) is 0 Å². The van der Waals surface area contributed by atoms with Crippen molar-refractivity contribution in [3.63, 3.8) is 0 Å². The number of benzene rings is 1. The van der Waals surface area contributed by atoms with Crippen LogP contribution in [-0.2, 0) is 4.74 Å². The Kier molecular flexibility index (Phi) is 5.10. The second-order valence-corrected chi connectivity index (χ2v) is 3.25. The molecule has 0 atom stereocenters. The minimum atomic E-state index is -0.570. The summed E-state index contributed by atoms with van der Waals surface area (Å²) < 4.78 is 20.3. The average molecular weight is 255 g/mol. The van der Waals surface area contributed by atoms with Gasteiger partial charge in [-0.05, 0) is 6.92 Å². The minimum Gasteiger partial charge on any atom is -0.496 e. The lowest BCUT2D eigenvalue weighted by molar-refractivity contribution is 0.167. The number of hydrogen-bond acceptors (Lipinski definition) is 5. The number of rotatable bonds is 5. The highest BCUT2D eigenvalue weighted by atomic mass is 16.5. The topological polar surface area (TPSA) is 66.0 Å². The molecule has 0 fully saturated rings. The van der Waals surface area contributed by atoms with Gasteiger partial charge in [0.1, 0.15) is 22.9 Å². The van der Waals surface area contributed by atoms with Gasteiger partial charge in [0, 0.05) is 12.1 Å². The number of anilines is 1. The van der Waals surface area contributed by atoms with Crippen LogP contribution in [0.5, 0.6) is 17.2 Å². The van der Waals surface area contributed by atoms with Gasteiger partial charge in [0.25, 0.3) is 0 Å². The Balaban J connectivity index is 3.10. The Hall–Kier alpha value is -2.11. The standard InChI is InChI=1S/C12H17NO5/c1-5-18-12(14)13-11-9(16-3)6-8(15-2)7-10(11)17-4/h6-7H,5H2,1-4H3,(H,13,14). The number of nitrogens with one attached hydrogen (secondary N) is 1. The molecule has 0 bridgehead atoms. The van der Waals surface area contributed by atoms with Crippen molar-refractivity contribution >= 4 is 11.8 Å². The first-order valence-electron chi connectivity index (χ1n) is 5.40. The smallest absolute Gasteiger partial charge is 0.411 e. The van der Waals surface area contributed by atoms with Gasteiger partial charge in [-0.3, -0.25) is 5.32 Å². The van der Waals surface area contributed by atoms with Gasteiger partial charge < -0.3 is 18.9 Å². The third-order valence-electron chi connectivity index (χ3n) is 2.22. The molecule has 1 rings (SSSR count). The first-order valence-corrected chi connectivity index (χ1v) is 5.40. The molecular weight excluding hydrogens is 238 g/mol. The quantitative estimate of drug-likeness (QED) is 0.874. The molecule has 0 aliphatic rings. The van der Waals surface area contributed by atoms with Crippen LogP contribution in [0.2, 0.25) is 0 Å². The monoisotopic (exact) mass is 255 g/mol. The fourth-order valence-electron chi connectivity index (χ4n) is 1.40. The molecule has 6 nitrogen and oxygen atoms in total. The van der Waals surface area contributed by atoms with Crippen LogP contribution in [0.25, 0.3) is 0 Å². The molecule has 1 aromatic carbocycles. The zero-order valence-electron chi connectivity index (χ0n) is 10.9. The predicted molar refractivity (Wildman–Crippen MR) is 66.7 cm³/mol. The predicted octanol–water partition coefficient (Wildman–Crippen LogP) is 2.28. The Morgan fingerprint density at radius 3 is 2.06 bits per heavy atom. The number of hydrogen-bond donors (Lipinski definition) is 1. The van der Waals surface area contributed by atoms with Crippen molar-refractivity contribution in [1.82, 2.24) is 0 Å². The summed E-state index contributed by atoms with van der Waals surface area (Å²) in [6.45, 7) is 2.01. The van der Waals surface area contributed by atoms with Crippen LogP contribution in [-0.4, -0.2) is 34.0 Å². The van der Waals surface area contributed by atoms with E-state index < -0.39 is 6.09 Å². The fraction of sp³-hybridized carbons (Fsp3) is 0.417. The number of amides is 1. The van der Waals surface area contributed by atoms with E-state index in [-0.39, 0.29) is 6.61 Å². The van der Waals surface area contributed by atoms with Crippen molar-refractivity contribution < 1.29 is 23.7 Å². The van der Waals surface area contributed by atoms with E-state index in [0.717, 1.165) is 0 Å². The summed E-state index contributed by atoms with van der Waals surface area (Å²) in [6, 6.07) is 3.29. The zero-order chi connectivity index (χ0) is 13.5. The molecule has 0 aliphatic carbocycles. The third-order valence-corrected chi connectivity index (χ3v) is 2.22. The molecule has 6 heteroatoms. The number of methoxy groups -OCH3 is 3. The van der Waals surface area contributed by atoms with E-state index in [2.05, 4.69) is 5.32 Å². The van der Waals surface area contributed by atoms with Gasteiger partial charge in [-0.15, -0.1) is 0 Å². The summed E-state index contributed by atoms with van der Waals surface area (Å²) in [5.41, 5.74) is 0.402. The molecule has 0 heterocycles. The van der Waals surface area contributed by atoms with E-state index in [1.165, 1.54) is 21.3 Å². The summed E-state index contributed by atoms with van der Waals surface area (Å²) in [5.74, 6) is 1.43. The first kappa shape index (κ1) is 14.0. The second-order valence-electron chi connectivity index (χ2n) is 3.25. The molecule has 0 radical (unpaired) electrons. The van der Waals surface area contributed by atoms with Crippen molar-refractivity contribution in [2.75, 3.05) is 33.3 Å². The molecule has 1 amide bonds. The maximum Gasteiger partial charge on any atom is 0.411 e. The normalized spacial score (nSPS) is 9.56. The molecule has 1 N–H and O–H groups in total. The summed E-state index contributed by atoms with van der Waals surface area (Å²) in [4.78, 5) is 11.4. The molecule has 0 saturated carbocycles. The maximum atomic E-state index is 11.4. The van der Waals surface area contributed by atoms with E-state index in [4.69, 9.17) is 18.9 Å². The lowest BCUT2D eigenvalue weighted by atomic mass is 10.2. The van der Waals surface area contributed by atoms with Crippen molar-refractivity contribution in [2.24, 2.45) is 0 Å². The molecule has 100 valence electrons. The van der Waals surface area contributed by atoms with Crippen LogP contribution >= 0.6 is 0 Å². The lowest BCUT2D eigenvalue weighted by Gasteiger charge is -2.15. The van der Waals surface area contributed by atoms with Crippen molar-refractivity contribution in [3.8, 4) is 17.2 Å². The van der Waals surface area contributed by atoms with Gasteiger partial charge in [0.05, 0.1) is 27.9 Å². The van der Waals surface area contributed by atoms with Crippen LogP contribution in [0, 0.1) is 0 Å². The summed E-state index contributed by atoms with van der Waals surface area (Å²) in [6.07, 6.45) is -0.570. The Morgan fingerprint density at radius 2 is 1.67 bits per heavy atom. The minimum absolute atomic E-state index is 0.284.